The molecule has 0 bridgehead atoms. The van der Waals surface area contributed by atoms with E-state index in [2.05, 4.69) is 10.3 Å². The second-order valence-electron chi connectivity index (χ2n) is 4.89. The van der Waals surface area contributed by atoms with E-state index in [1.54, 1.807) is 30.3 Å². The van der Waals surface area contributed by atoms with Crippen molar-refractivity contribution in [2.24, 2.45) is 0 Å². The van der Waals surface area contributed by atoms with Crippen LogP contribution in [0.1, 0.15) is 17.3 Å². The van der Waals surface area contributed by atoms with Crippen molar-refractivity contribution in [3.63, 3.8) is 0 Å². The second kappa shape index (κ2) is 6.72. The van der Waals surface area contributed by atoms with Gasteiger partial charge in [0, 0.05) is 23.7 Å². The van der Waals surface area contributed by atoms with Gasteiger partial charge in [-0.3, -0.25) is 4.79 Å². The van der Waals surface area contributed by atoms with Gasteiger partial charge in [-0.2, -0.15) is 0 Å². The van der Waals surface area contributed by atoms with E-state index >= 15 is 0 Å². The number of amides is 1. The monoisotopic (exact) mass is 344 g/mol. The average Bonchev–Trinajstić information content (AvgIpc) is 2.56. The first-order valence-electron chi connectivity index (χ1n) is 7.20. The zero-order valence-electron chi connectivity index (χ0n) is 12.7. The molecule has 6 nitrogen and oxygen atoms in total. The number of ether oxygens (including phenoxy) is 1. The number of nitrogens with zero attached hydrogens (tertiary/aromatic N) is 1. The number of rotatable bonds is 4. The SMILES string of the molecule is CCOc1ccc2c(C(=O)Nc3ccc(Cl)cn3)cc(=O)oc2c1. The summed E-state index contributed by atoms with van der Waals surface area (Å²) in [6.07, 6.45) is 1.42. The van der Waals surface area contributed by atoms with Crippen molar-refractivity contribution in [1.82, 2.24) is 4.98 Å². The Morgan fingerprint density at radius 3 is 2.83 bits per heavy atom. The molecule has 1 amide bonds. The van der Waals surface area contributed by atoms with E-state index in [9.17, 15) is 9.59 Å². The summed E-state index contributed by atoms with van der Waals surface area (Å²) in [5.74, 6) is 0.425. The molecule has 1 N–H and O–H groups in total. The summed E-state index contributed by atoms with van der Waals surface area (Å²) >= 11 is 5.76. The predicted molar refractivity (Wildman–Crippen MR) is 90.9 cm³/mol. The fourth-order valence-corrected chi connectivity index (χ4v) is 2.33. The number of carbonyl (C=O) groups is 1. The molecule has 2 heterocycles. The Morgan fingerprint density at radius 1 is 1.29 bits per heavy atom. The van der Waals surface area contributed by atoms with E-state index in [0.29, 0.717) is 28.6 Å². The van der Waals surface area contributed by atoms with E-state index in [0.717, 1.165) is 6.07 Å². The molecule has 122 valence electrons. The van der Waals surface area contributed by atoms with E-state index in [1.807, 2.05) is 6.92 Å². The number of fused-ring (bicyclic) bond motifs is 1. The van der Waals surface area contributed by atoms with Crippen LogP contribution in [-0.2, 0) is 0 Å². The Labute approximate surface area is 142 Å². The number of halogens is 1. The van der Waals surface area contributed by atoms with Crippen LogP contribution in [-0.4, -0.2) is 17.5 Å². The van der Waals surface area contributed by atoms with Gasteiger partial charge >= 0.3 is 5.63 Å². The third kappa shape index (κ3) is 3.38. The zero-order chi connectivity index (χ0) is 17.1. The van der Waals surface area contributed by atoms with Crippen LogP contribution in [0, 0.1) is 0 Å². The fourth-order valence-electron chi connectivity index (χ4n) is 2.22. The first kappa shape index (κ1) is 16.0. The number of pyridine rings is 1. The topological polar surface area (TPSA) is 81.4 Å². The van der Waals surface area contributed by atoms with Crippen LogP contribution < -0.4 is 15.7 Å². The maximum absolute atomic E-state index is 12.5. The molecular weight excluding hydrogens is 332 g/mol. The molecule has 0 unspecified atom stereocenters. The number of hydrogen-bond acceptors (Lipinski definition) is 5. The van der Waals surface area contributed by atoms with Crippen molar-refractivity contribution in [3.8, 4) is 5.75 Å². The van der Waals surface area contributed by atoms with Gasteiger partial charge < -0.3 is 14.5 Å². The summed E-state index contributed by atoms with van der Waals surface area (Å²) in [6, 6.07) is 9.29. The first-order valence-corrected chi connectivity index (χ1v) is 7.58. The van der Waals surface area contributed by atoms with E-state index < -0.39 is 11.5 Å². The van der Waals surface area contributed by atoms with Crippen molar-refractivity contribution in [3.05, 3.63) is 63.6 Å². The molecule has 2 aromatic heterocycles. The van der Waals surface area contributed by atoms with Gasteiger partial charge in [-0.15, -0.1) is 0 Å². The van der Waals surface area contributed by atoms with Gasteiger partial charge in [0.05, 0.1) is 17.2 Å². The molecule has 0 aliphatic carbocycles. The van der Waals surface area contributed by atoms with Gasteiger partial charge in [-0.1, -0.05) is 11.6 Å². The lowest BCUT2D eigenvalue weighted by atomic mass is 10.1. The molecular formula is C17H13ClN2O4. The van der Waals surface area contributed by atoms with E-state index in [4.69, 9.17) is 20.8 Å². The van der Waals surface area contributed by atoms with Crippen molar-refractivity contribution >= 4 is 34.3 Å². The summed E-state index contributed by atoms with van der Waals surface area (Å²) in [7, 11) is 0. The zero-order valence-corrected chi connectivity index (χ0v) is 13.5. The summed E-state index contributed by atoms with van der Waals surface area (Å²) in [5.41, 5.74) is -0.144. The molecule has 1 aromatic carbocycles. The standard InChI is InChI=1S/C17H13ClN2O4/c1-2-23-11-4-5-12-13(8-16(21)24-14(12)7-11)17(22)20-15-6-3-10(18)9-19-15/h3-9H,2H2,1H3,(H,19,20,22). The number of anilines is 1. The molecule has 7 heteroatoms. The molecule has 24 heavy (non-hydrogen) atoms. The minimum atomic E-state index is -0.620. The molecule has 0 spiro atoms. The molecule has 0 aliphatic heterocycles. The number of hydrogen-bond donors (Lipinski definition) is 1. The summed E-state index contributed by atoms with van der Waals surface area (Å²) in [6.45, 7) is 2.33. The highest BCUT2D eigenvalue weighted by Gasteiger charge is 2.14. The fraction of sp³-hybridized carbons (Fsp3) is 0.118. The van der Waals surface area contributed by atoms with E-state index in [1.165, 1.54) is 6.20 Å². The van der Waals surface area contributed by atoms with Gasteiger partial charge in [0.2, 0.25) is 0 Å². The highest BCUT2D eigenvalue weighted by atomic mass is 35.5. The first-order chi connectivity index (χ1) is 11.6. The normalized spacial score (nSPS) is 10.6. The Morgan fingerprint density at radius 2 is 2.12 bits per heavy atom. The van der Waals surface area contributed by atoms with Gasteiger partial charge in [0.25, 0.3) is 5.91 Å². The summed E-state index contributed by atoms with van der Waals surface area (Å²) in [5, 5.41) is 3.59. The van der Waals surface area contributed by atoms with Crippen LogP contribution in [0.5, 0.6) is 5.75 Å². The van der Waals surface area contributed by atoms with Crippen molar-refractivity contribution < 1.29 is 13.9 Å². The highest BCUT2D eigenvalue weighted by molar-refractivity contribution is 6.30. The van der Waals surface area contributed by atoms with Crippen LogP contribution in [0.25, 0.3) is 11.0 Å². The molecule has 0 aliphatic rings. The van der Waals surface area contributed by atoms with Gasteiger partial charge in [0.1, 0.15) is 17.2 Å². The van der Waals surface area contributed by atoms with Crippen molar-refractivity contribution in [2.75, 3.05) is 11.9 Å². The number of carbonyl (C=O) groups excluding carboxylic acids is 1. The maximum Gasteiger partial charge on any atom is 0.337 e. The molecule has 0 saturated heterocycles. The lowest BCUT2D eigenvalue weighted by molar-refractivity contribution is 0.102. The van der Waals surface area contributed by atoms with Gasteiger partial charge in [0.15, 0.2) is 0 Å². The largest absolute Gasteiger partial charge is 0.494 e. The van der Waals surface area contributed by atoms with Crippen molar-refractivity contribution in [2.45, 2.75) is 6.92 Å². The molecule has 3 aromatic rings. The predicted octanol–water partition coefficient (Wildman–Crippen LogP) is 3.49. The molecule has 0 atom stereocenters. The van der Waals surface area contributed by atoms with E-state index in [-0.39, 0.29) is 11.1 Å². The molecule has 0 saturated carbocycles. The highest BCUT2D eigenvalue weighted by Crippen LogP contribution is 2.23. The van der Waals surface area contributed by atoms with Crippen molar-refractivity contribution in [1.29, 1.82) is 0 Å². The van der Waals surface area contributed by atoms with Crippen LogP contribution in [0.2, 0.25) is 5.02 Å². The summed E-state index contributed by atoms with van der Waals surface area (Å²) in [4.78, 5) is 28.2. The number of benzene rings is 1. The van der Waals surface area contributed by atoms with Gasteiger partial charge in [-0.25, -0.2) is 9.78 Å². The van der Waals surface area contributed by atoms with Crippen LogP contribution in [0.15, 0.2) is 51.8 Å². The minimum Gasteiger partial charge on any atom is -0.494 e. The molecule has 0 radical (unpaired) electrons. The second-order valence-corrected chi connectivity index (χ2v) is 5.32. The van der Waals surface area contributed by atoms with Crippen LogP contribution in [0.4, 0.5) is 5.82 Å². The van der Waals surface area contributed by atoms with Crippen LogP contribution >= 0.6 is 11.6 Å². The Kier molecular flexibility index (Phi) is 4.48. The smallest absolute Gasteiger partial charge is 0.337 e. The van der Waals surface area contributed by atoms with Gasteiger partial charge in [-0.05, 0) is 31.2 Å². The number of aromatic nitrogens is 1. The lowest BCUT2D eigenvalue weighted by Crippen LogP contribution is -2.15. The minimum absolute atomic E-state index is 0.195. The third-order valence-corrected chi connectivity index (χ3v) is 3.46. The molecule has 0 fully saturated rings. The average molecular weight is 345 g/mol. The Bertz CT molecular complexity index is 951. The quantitative estimate of drug-likeness (QED) is 0.733. The van der Waals surface area contributed by atoms with Crippen LogP contribution in [0.3, 0.4) is 0 Å². The lowest BCUT2D eigenvalue weighted by Gasteiger charge is -2.08. The Hall–Kier alpha value is -2.86. The Balaban J connectivity index is 1.99. The third-order valence-electron chi connectivity index (χ3n) is 3.24. The molecule has 3 rings (SSSR count). The number of nitrogens with one attached hydrogen (secondary N) is 1. The summed E-state index contributed by atoms with van der Waals surface area (Å²) < 4.78 is 10.5. The maximum atomic E-state index is 12.5.